The zero-order valence-corrected chi connectivity index (χ0v) is 11.0. The van der Waals surface area contributed by atoms with Gasteiger partial charge in [-0.05, 0) is 40.2 Å². The number of benzene rings is 2. The molecule has 0 fully saturated rings. The summed E-state index contributed by atoms with van der Waals surface area (Å²) in [5.41, 5.74) is 7.26. The van der Waals surface area contributed by atoms with Crippen molar-refractivity contribution in [2.45, 2.75) is 6.54 Å². The van der Waals surface area contributed by atoms with Crippen molar-refractivity contribution >= 4 is 21.6 Å². The molecule has 0 aliphatic heterocycles. The number of hydrogen-bond acceptors (Lipinski definition) is 3. The summed E-state index contributed by atoms with van der Waals surface area (Å²) in [4.78, 5) is 0. The fourth-order valence-corrected chi connectivity index (χ4v) is 1.81. The number of hydrazine groups is 1. The molecule has 0 aliphatic carbocycles. The van der Waals surface area contributed by atoms with Crippen LogP contribution in [0.25, 0.3) is 0 Å². The summed E-state index contributed by atoms with van der Waals surface area (Å²) in [6.45, 7) is 0.310. The fourth-order valence-electron chi connectivity index (χ4n) is 1.48. The Morgan fingerprint density at radius 1 is 1.17 bits per heavy atom. The quantitative estimate of drug-likeness (QED) is 0.758. The molecule has 0 atom stereocenters. The minimum absolute atomic E-state index is 0.0469. The maximum Gasteiger partial charge on any atom is 0.137 e. The molecule has 0 unspecified atom stereocenters. The molecule has 0 saturated heterocycles. The molecule has 5 heteroatoms. The summed E-state index contributed by atoms with van der Waals surface area (Å²) in [6, 6.07) is 12.2. The number of phenols is 1. The summed E-state index contributed by atoms with van der Waals surface area (Å²) in [5, 5.41) is 9.65. The van der Waals surface area contributed by atoms with Crippen LogP contribution >= 0.6 is 15.9 Å². The lowest BCUT2D eigenvalue weighted by Crippen LogP contribution is -2.20. The van der Waals surface area contributed by atoms with Crippen molar-refractivity contribution in [3.63, 3.8) is 0 Å². The van der Waals surface area contributed by atoms with Gasteiger partial charge in [0.15, 0.2) is 0 Å². The van der Waals surface area contributed by atoms with Gasteiger partial charge in [0.1, 0.15) is 11.6 Å². The Kier molecular flexibility index (Phi) is 4.17. The van der Waals surface area contributed by atoms with E-state index >= 15 is 0 Å². The second-order valence-corrected chi connectivity index (χ2v) is 4.59. The maximum absolute atomic E-state index is 13.3. The fraction of sp³-hybridized carbons (Fsp3) is 0.0769. The monoisotopic (exact) mass is 310 g/mol. The molecule has 0 spiro atoms. The van der Waals surface area contributed by atoms with Crippen LogP contribution < -0.4 is 10.9 Å². The van der Waals surface area contributed by atoms with Gasteiger partial charge in [0, 0.05) is 17.8 Å². The van der Waals surface area contributed by atoms with E-state index in [4.69, 9.17) is 0 Å². The van der Waals surface area contributed by atoms with Crippen LogP contribution in [0, 0.1) is 5.82 Å². The third-order valence-electron chi connectivity index (χ3n) is 2.41. The molecule has 2 aromatic carbocycles. The smallest absolute Gasteiger partial charge is 0.137 e. The van der Waals surface area contributed by atoms with Crippen molar-refractivity contribution in [3.05, 3.63) is 58.3 Å². The van der Waals surface area contributed by atoms with Gasteiger partial charge >= 0.3 is 0 Å². The highest BCUT2D eigenvalue weighted by Gasteiger charge is 2.06. The number of hydrogen-bond donors (Lipinski definition) is 3. The predicted octanol–water partition coefficient (Wildman–Crippen LogP) is 3.41. The van der Waals surface area contributed by atoms with Gasteiger partial charge in [-0.15, -0.1) is 0 Å². The van der Waals surface area contributed by atoms with E-state index in [0.717, 1.165) is 5.69 Å². The predicted molar refractivity (Wildman–Crippen MR) is 72.7 cm³/mol. The molecule has 18 heavy (non-hydrogen) atoms. The van der Waals surface area contributed by atoms with Crippen molar-refractivity contribution in [1.29, 1.82) is 0 Å². The van der Waals surface area contributed by atoms with E-state index in [0.29, 0.717) is 12.1 Å². The van der Waals surface area contributed by atoms with Crippen LogP contribution in [-0.4, -0.2) is 5.11 Å². The maximum atomic E-state index is 13.3. The second-order valence-electron chi connectivity index (χ2n) is 3.74. The number of phenolic OH excluding ortho intramolecular Hbond substituents is 1. The van der Waals surface area contributed by atoms with E-state index in [2.05, 4.69) is 26.8 Å². The number of rotatable bonds is 4. The average molecular weight is 311 g/mol. The van der Waals surface area contributed by atoms with Gasteiger partial charge < -0.3 is 10.5 Å². The number of anilines is 1. The van der Waals surface area contributed by atoms with Gasteiger partial charge in [0.2, 0.25) is 0 Å². The molecule has 0 heterocycles. The third kappa shape index (κ3) is 3.21. The van der Waals surface area contributed by atoms with E-state index in [-0.39, 0.29) is 10.2 Å². The molecule has 2 aromatic rings. The highest BCUT2D eigenvalue weighted by Crippen LogP contribution is 2.25. The topological polar surface area (TPSA) is 44.3 Å². The number of nitrogens with one attached hydrogen (secondary N) is 2. The first kappa shape index (κ1) is 12.9. The highest BCUT2D eigenvalue weighted by atomic mass is 79.9. The molecular formula is C13H12BrFN2O. The van der Waals surface area contributed by atoms with E-state index in [1.807, 2.05) is 30.3 Å². The minimum atomic E-state index is -0.399. The number of aromatic hydroxyl groups is 1. The van der Waals surface area contributed by atoms with Crippen LogP contribution in [-0.2, 0) is 6.54 Å². The molecule has 0 amide bonds. The lowest BCUT2D eigenvalue weighted by atomic mass is 10.2. The zero-order chi connectivity index (χ0) is 13.0. The normalized spacial score (nSPS) is 10.3. The number of para-hydroxylation sites is 1. The lowest BCUT2D eigenvalue weighted by molar-refractivity contribution is 0.462. The lowest BCUT2D eigenvalue weighted by Gasteiger charge is -2.10. The van der Waals surface area contributed by atoms with Crippen molar-refractivity contribution in [2.75, 3.05) is 5.43 Å². The molecular weight excluding hydrogens is 299 g/mol. The van der Waals surface area contributed by atoms with E-state index in [1.165, 1.54) is 12.1 Å². The molecule has 0 radical (unpaired) electrons. The molecule has 0 saturated carbocycles. The van der Waals surface area contributed by atoms with Crippen LogP contribution in [0.1, 0.15) is 5.56 Å². The summed E-state index contributed by atoms with van der Waals surface area (Å²) >= 11 is 3.01. The molecule has 94 valence electrons. The standard InChI is InChI=1S/C13H12BrFN2O/c14-11-7-13(18)9(6-12(11)15)8-16-17-10-4-2-1-3-5-10/h1-7,16-18H,8H2. The van der Waals surface area contributed by atoms with Crippen LogP contribution in [0.5, 0.6) is 5.75 Å². The third-order valence-corrected chi connectivity index (χ3v) is 3.01. The first-order valence-corrected chi connectivity index (χ1v) is 6.17. The summed E-state index contributed by atoms with van der Waals surface area (Å²) < 4.78 is 13.6. The van der Waals surface area contributed by atoms with Crippen LogP contribution in [0.3, 0.4) is 0 Å². The zero-order valence-electron chi connectivity index (χ0n) is 9.45. The molecule has 0 aromatic heterocycles. The van der Waals surface area contributed by atoms with Gasteiger partial charge in [0.25, 0.3) is 0 Å². The Bertz CT molecular complexity index is 534. The van der Waals surface area contributed by atoms with Crippen molar-refractivity contribution < 1.29 is 9.50 Å². The second kappa shape index (κ2) is 5.84. The first-order valence-electron chi connectivity index (χ1n) is 5.37. The van der Waals surface area contributed by atoms with Crippen molar-refractivity contribution in [1.82, 2.24) is 5.43 Å². The highest BCUT2D eigenvalue weighted by molar-refractivity contribution is 9.10. The van der Waals surface area contributed by atoms with E-state index in [1.54, 1.807) is 0 Å². The van der Waals surface area contributed by atoms with E-state index in [9.17, 15) is 9.50 Å². The summed E-state index contributed by atoms with van der Waals surface area (Å²) in [6.07, 6.45) is 0. The van der Waals surface area contributed by atoms with Gasteiger partial charge in [-0.2, -0.15) is 0 Å². The van der Waals surface area contributed by atoms with Crippen LogP contribution in [0.2, 0.25) is 0 Å². The summed E-state index contributed by atoms with van der Waals surface area (Å²) in [5.74, 6) is -0.352. The summed E-state index contributed by atoms with van der Waals surface area (Å²) in [7, 11) is 0. The van der Waals surface area contributed by atoms with Crippen molar-refractivity contribution in [3.8, 4) is 5.75 Å². The van der Waals surface area contributed by atoms with Gasteiger partial charge in [-0.25, -0.2) is 9.82 Å². The number of halogens is 2. The Hall–Kier alpha value is -1.59. The van der Waals surface area contributed by atoms with E-state index < -0.39 is 5.82 Å². The Morgan fingerprint density at radius 2 is 1.89 bits per heavy atom. The average Bonchev–Trinajstić information content (AvgIpc) is 2.37. The molecule has 0 bridgehead atoms. The first-order chi connectivity index (χ1) is 8.66. The SMILES string of the molecule is Oc1cc(Br)c(F)cc1CNNc1ccccc1. The molecule has 3 nitrogen and oxygen atoms in total. The molecule has 0 aliphatic rings. The largest absolute Gasteiger partial charge is 0.508 e. The Morgan fingerprint density at radius 3 is 2.61 bits per heavy atom. The van der Waals surface area contributed by atoms with Crippen molar-refractivity contribution in [2.24, 2.45) is 0 Å². The van der Waals surface area contributed by atoms with Gasteiger partial charge in [-0.1, -0.05) is 18.2 Å². The Labute approximate surface area is 113 Å². The molecule has 2 rings (SSSR count). The minimum Gasteiger partial charge on any atom is -0.508 e. The van der Waals surface area contributed by atoms with Gasteiger partial charge in [0.05, 0.1) is 4.47 Å². The molecule has 3 N–H and O–H groups in total. The van der Waals surface area contributed by atoms with Crippen LogP contribution in [0.15, 0.2) is 46.9 Å². The van der Waals surface area contributed by atoms with Crippen LogP contribution in [0.4, 0.5) is 10.1 Å². The Balaban J connectivity index is 1.97. The van der Waals surface area contributed by atoms with Gasteiger partial charge in [-0.3, -0.25) is 0 Å².